The summed E-state index contributed by atoms with van der Waals surface area (Å²) in [5, 5.41) is 6.76. The molecule has 1 saturated heterocycles. The van der Waals surface area contributed by atoms with Gasteiger partial charge in [-0.2, -0.15) is 0 Å². The lowest BCUT2D eigenvalue weighted by atomic mass is 10.1. The fraction of sp³-hybridized carbons (Fsp3) is 0.409. The van der Waals surface area contributed by atoms with Crippen molar-refractivity contribution in [1.29, 1.82) is 0 Å². The van der Waals surface area contributed by atoms with Crippen molar-refractivity contribution < 1.29 is 8.42 Å². The van der Waals surface area contributed by atoms with Crippen LogP contribution < -0.4 is 10.6 Å². The van der Waals surface area contributed by atoms with Gasteiger partial charge in [-0.15, -0.1) is 0 Å². The van der Waals surface area contributed by atoms with Crippen molar-refractivity contribution in [3.8, 4) is 0 Å². The van der Waals surface area contributed by atoms with Gasteiger partial charge in [0.25, 0.3) is 0 Å². The zero-order chi connectivity index (χ0) is 20.7. The molecule has 0 radical (unpaired) electrons. The zero-order valence-corrected chi connectivity index (χ0v) is 18.0. The van der Waals surface area contributed by atoms with Crippen molar-refractivity contribution >= 4 is 15.8 Å². The normalized spacial score (nSPS) is 16.6. The van der Waals surface area contributed by atoms with Gasteiger partial charge in [0, 0.05) is 26.4 Å². The minimum absolute atomic E-state index is 0.311. The van der Waals surface area contributed by atoms with Gasteiger partial charge in [-0.25, -0.2) is 8.42 Å². The van der Waals surface area contributed by atoms with Crippen LogP contribution in [0.25, 0.3) is 0 Å². The molecule has 156 valence electrons. The number of sulfone groups is 1. The van der Waals surface area contributed by atoms with Gasteiger partial charge in [-0.3, -0.25) is 9.89 Å². The Labute approximate surface area is 174 Å². The Morgan fingerprint density at radius 3 is 2.28 bits per heavy atom. The molecule has 6 nitrogen and oxygen atoms in total. The number of likely N-dealkylation sites (tertiary alicyclic amines) is 1. The van der Waals surface area contributed by atoms with Gasteiger partial charge >= 0.3 is 0 Å². The molecule has 29 heavy (non-hydrogen) atoms. The first-order chi connectivity index (χ1) is 14.0. The summed E-state index contributed by atoms with van der Waals surface area (Å²) in [4.78, 5) is 7.19. The molecule has 0 aliphatic carbocycles. The molecule has 0 bridgehead atoms. The Morgan fingerprint density at radius 2 is 1.69 bits per heavy atom. The quantitative estimate of drug-likeness (QED) is 0.538. The molecule has 1 aliphatic rings. The highest BCUT2D eigenvalue weighted by Crippen LogP contribution is 2.24. The Hall–Kier alpha value is -2.38. The van der Waals surface area contributed by atoms with Crippen molar-refractivity contribution in [3.05, 3.63) is 65.7 Å². The van der Waals surface area contributed by atoms with Gasteiger partial charge in [0.2, 0.25) is 0 Å². The van der Waals surface area contributed by atoms with Crippen LogP contribution in [0.4, 0.5) is 0 Å². The predicted molar refractivity (Wildman–Crippen MR) is 118 cm³/mol. The molecule has 0 saturated carbocycles. The summed E-state index contributed by atoms with van der Waals surface area (Å²) in [5.41, 5.74) is 2.31. The Morgan fingerprint density at radius 1 is 1.03 bits per heavy atom. The third-order valence-electron chi connectivity index (χ3n) is 5.26. The lowest BCUT2D eigenvalue weighted by Gasteiger charge is -2.29. The Balaban J connectivity index is 1.58. The van der Waals surface area contributed by atoms with E-state index in [1.807, 2.05) is 18.2 Å². The molecule has 0 spiro atoms. The number of aliphatic imine (C=N–C) groups is 1. The molecule has 1 fully saturated rings. The second-order valence-corrected chi connectivity index (χ2v) is 9.41. The number of hydrogen-bond acceptors (Lipinski definition) is 4. The van der Waals surface area contributed by atoms with Crippen LogP contribution in [-0.2, 0) is 16.4 Å². The molecular weight excluding hydrogens is 384 g/mol. The first-order valence-corrected chi connectivity index (χ1v) is 11.9. The van der Waals surface area contributed by atoms with E-state index in [0.717, 1.165) is 31.2 Å². The summed E-state index contributed by atoms with van der Waals surface area (Å²) >= 11 is 0. The standard InChI is InChI=1S/C22H30N4O2S/c1-23-22(24-16-18-10-12-20(13-11-18)29(2,27)28)25-17-21(26-14-6-7-15-26)19-8-4-3-5-9-19/h3-5,8-13,21H,6-7,14-17H2,1-2H3,(H2,23,24,25). The van der Waals surface area contributed by atoms with E-state index < -0.39 is 9.84 Å². The van der Waals surface area contributed by atoms with E-state index in [2.05, 4.69) is 44.8 Å². The molecule has 0 aromatic heterocycles. The van der Waals surface area contributed by atoms with Crippen LogP contribution in [0.1, 0.15) is 30.0 Å². The fourth-order valence-electron chi connectivity index (χ4n) is 3.64. The van der Waals surface area contributed by atoms with E-state index in [9.17, 15) is 8.42 Å². The Bertz CT molecular complexity index is 906. The summed E-state index contributed by atoms with van der Waals surface area (Å²) in [6.45, 7) is 3.60. The molecule has 7 heteroatoms. The van der Waals surface area contributed by atoms with Crippen molar-refractivity contribution in [2.24, 2.45) is 4.99 Å². The molecule has 3 rings (SSSR count). The number of guanidine groups is 1. The van der Waals surface area contributed by atoms with Crippen LogP contribution >= 0.6 is 0 Å². The molecule has 2 aromatic carbocycles. The average Bonchev–Trinajstić information content (AvgIpc) is 3.25. The predicted octanol–water partition coefficient (Wildman–Crippen LogP) is 2.59. The number of nitrogens with zero attached hydrogens (tertiary/aromatic N) is 2. The topological polar surface area (TPSA) is 73.8 Å². The lowest BCUT2D eigenvalue weighted by Crippen LogP contribution is -2.42. The summed E-state index contributed by atoms with van der Waals surface area (Å²) < 4.78 is 23.2. The second kappa shape index (κ2) is 9.89. The highest BCUT2D eigenvalue weighted by Gasteiger charge is 2.23. The summed E-state index contributed by atoms with van der Waals surface area (Å²) in [7, 11) is -1.41. The van der Waals surface area contributed by atoms with E-state index in [1.54, 1.807) is 19.2 Å². The summed E-state index contributed by atoms with van der Waals surface area (Å²) in [6, 6.07) is 17.8. The molecule has 2 aromatic rings. The summed E-state index contributed by atoms with van der Waals surface area (Å²) in [6.07, 6.45) is 3.72. The third-order valence-corrected chi connectivity index (χ3v) is 6.39. The minimum atomic E-state index is -3.17. The highest BCUT2D eigenvalue weighted by atomic mass is 32.2. The van der Waals surface area contributed by atoms with Crippen molar-refractivity contribution in [3.63, 3.8) is 0 Å². The number of nitrogens with one attached hydrogen (secondary N) is 2. The lowest BCUT2D eigenvalue weighted by molar-refractivity contribution is 0.245. The Kier molecular flexibility index (Phi) is 7.28. The average molecular weight is 415 g/mol. The van der Waals surface area contributed by atoms with Crippen LogP contribution in [0.5, 0.6) is 0 Å². The van der Waals surface area contributed by atoms with Gasteiger partial charge in [0.15, 0.2) is 15.8 Å². The SMILES string of the molecule is CN=C(NCc1ccc(S(C)(=O)=O)cc1)NCC(c1ccccc1)N1CCCC1. The molecule has 1 aliphatic heterocycles. The van der Waals surface area contributed by atoms with Crippen molar-refractivity contribution in [2.75, 3.05) is 32.9 Å². The molecule has 2 N–H and O–H groups in total. The van der Waals surface area contributed by atoms with Crippen LogP contribution in [-0.4, -0.2) is 52.2 Å². The van der Waals surface area contributed by atoms with Gasteiger partial charge < -0.3 is 10.6 Å². The van der Waals surface area contributed by atoms with Crippen LogP contribution in [0, 0.1) is 0 Å². The van der Waals surface area contributed by atoms with Gasteiger partial charge in [0.1, 0.15) is 0 Å². The van der Waals surface area contributed by atoms with Crippen molar-refractivity contribution in [1.82, 2.24) is 15.5 Å². The molecule has 1 heterocycles. The first kappa shape index (κ1) is 21.3. The monoisotopic (exact) mass is 414 g/mol. The van der Waals surface area contributed by atoms with Crippen molar-refractivity contribution in [2.45, 2.75) is 30.3 Å². The third kappa shape index (κ3) is 6.05. The minimum Gasteiger partial charge on any atom is -0.354 e. The zero-order valence-electron chi connectivity index (χ0n) is 17.1. The number of benzene rings is 2. The highest BCUT2D eigenvalue weighted by molar-refractivity contribution is 7.90. The number of rotatable bonds is 7. The molecule has 0 amide bonds. The molecular formula is C22H30N4O2S. The maximum absolute atomic E-state index is 11.6. The first-order valence-electron chi connectivity index (χ1n) is 10.00. The maximum atomic E-state index is 11.6. The van der Waals surface area contributed by atoms with E-state index in [0.29, 0.717) is 17.5 Å². The van der Waals surface area contributed by atoms with E-state index in [1.165, 1.54) is 24.7 Å². The largest absolute Gasteiger partial charge is 0.354 e. The molecule has 1 unspecified atom stereocenters. The van der Waals surface area contributed by atoms with Crippen LogP contribution in [0.2, 0.25) is 0 Å². The molecule has 1 atom stereocenters. The van der Waals surface area contributed by atoms with E-state index in [4.69, 9.17) is 0 Å². The van der Waals surface area contributed by atoms with Gasteiger partial charge in [-0.05, 0) is 49.2 Å². The van der Waals surface area contributed by atoms with Crippen LogP contribution in [0.15, 0.2) is 64.5 Å². The van der Waals surface area contributed by atoms with E-state index in [-0.39, 0.29) is 0 Å². The summed E-state index contributed by atoms with van der Waals surface area (Å²) in [5.74, 6) is 0.734. The van der Waals surface area contributed by atoms with E-state index >= 15 is 0 Å². The van der Waals surface area contributed by atoms with Gasteiger partial charge in [0.05, 0.1) is 10.9 Å². The fourth-order valence-corrected chi connectivity index (χ4v) is 4.27. The maximum Gasteiger partial charge on any atom is 0.191 e. The number of hydrogen-bond donors (Lipinski definition) is 2. The van der Waals surface area contributed by atoms with Gasteiger partial charge in [-0.1, -0.05) is 42.5 Å². The smallest absolute Gasteiger partial charge is 0.191 e. The second-order valence-electron chi connectivity index (χ2n) is 7.39. The van der Waals surface area contributed by atoms with Crippen LogP contribution in [0.3, 0.4) is 0 Å².